The van der Waals surface area contributed by atoms with Gasteiger partial charge in [0.05, 0.1) is 24.8 Å². The van der Waals surface area contributed by atoms with Gasteiger partial charge in [-0.05, 0) is 29.8 Å². The predicted octanol–water partition coefficient (Wildman–Crippen LogP) is 3.16. The Morgan fingerprint density at radius 1 is 1.23 bits per heavy atom. The second kappa shape index (κ2) is 8.30. The highest BCUT2D eigenvalue weighted by Gasteiger charge is 2.16. The van der Waals surface area contributed by atoms with Crippen molar-refractivity contribution < 1.29 is 19.2 Å². The second-order valence-corrected chi connectivity index (χ2v) is 5.04. The molecular weight excluding hydrogens is 338 g/mol. The number of rotatable bonds is 6. The molecule has 0 unspecified atom stereocenters. The topological polar surface area (TPSA) is 114 Å². The SMILES string of the molecule is COc1cccc(/C=C(\C#N)C(=O)Nc2cc([N+](=O)[O-])ccc2OC)c1. The number of non-ortho nitro benzene ring substituents is 1. The van der Waals surface area contributed by atoms with Crippen LogP contribution in [0.2, 0.25) is 0 Å². The van der Waals surface area contributed by atoms with Crippen molar-refractivity contribution >= 4 is 23.4 Å². The fraction of sp³-hybridized carbons (Fsp3) is 0.111. The minimum absolute atomic E-state index is 0.0958. The summed E-state index contributed by atoms with van der Waals surface area (Å²) >= 11 is 0. The quantitative estimate of drug-likeness (QED) is 0.369. The number of benzene rings is 2. The van der Waals surface area contributed by atoms with Crippen LogP contribution < -0.4 is 14.8 Å². The van der Waals surface area contributed by atoms with Crippen molar-refractivity contribution in [3.8, 4) is 17.6 Å². The van der Waals surface area contributed by atoms with E-state index in [2.05, 4.69) is 5.32 Å². The normalized spacial score (nSPS) is 10.6. The number of carbonyl (C=O) groups is 1. The summed E-state index contributed by atoms with van der Waals surface area (Å²) in [7, 11) is 2.88. The summed E-state index contributed by atoms with van der Waals surface area (Å²) in [5.74, 6) is 0.105. The summed E-state index contributed by atoms with van der Waals surface area (Å²) in [6, 6.07) is 12.4. The number of nitriles is 1. The van der Waals surface area contributed by atoms with Gasteiger partial charge in [-0.3, -0.25) is 14.9 Å². The van der Waals surface area contributed by atoms with Crippen LogP contribution >= 0.6 is 0 Å². The van der Waals surface area contributed by atoms with Crippen LogP contribution in [0.5, 0.6) is 11.5 Å². The first-order valence-corrected chi connectivity index (χ1v) is 7.38. The van der Waals surface area contributed by atoms with Crippen molar-refractivity contribution in [2.75, 3.05) is 19.5 Å². The molecule has 1 amide bonds. The molecule has 0 aliphatic heterocycles. The maximum atomic E-state index is 12.4. The molecule has 0 saturated heterocycles. The van der Waals surface area contributed by atoms with Gasteiger partial charge in [0.2, 0.25) is 0 Å². The van der Waals surface area contributed by atoms with Crippen LogP contribution in [-0.4, -0.2) is 25.1 Å². The Morgan fingerprint density at radius 2 is 2.00 bits per heavy atom. The summed E-state index contributed by atoms with van der Waals surface area (Å²) in [4.78, 5) is 22.7. The van der Waals surface area contributed by atoms with E-state index in [1.54, 1.807) is 24.3 Å². The fourth-order valence-corrected chi connectivity index (χ4v) is 2.14. The Morgan fingerprint density at radius 3 is 2.62 bits per heavy atom. The highest BCUT2D eigenvalue weighted by atomic mass is 16.6. The first-order valence-electron chi connectivity index (χ1n) is 7.38. The molecule has 8 heteroatoms. The zero-order valence-electron chi connectivity index (χ0n) is 14.1. The van der Waals surface area contributed by atoms with Gasteiger partial charge in [0, 0.05) is 12.1 Å². The lowest BCUT2D eigenvalue weighted by molar-refractivity contribution is -0.384. The summed E-state index contributed by atoms with van der Waals surface area (Å²) in [6.45, 7) is 0. The van der Waals surface area contributed by atoms with Crippen LogP contribution in [0, 0.1) is 21.4 Å². The van der Waals surface area contributed by atoms with Crippen molar-refractivity contribution in [3.05, 3.63) is 63.7 Å². The maximum Gasteiger partial charge on any atom is 0.271 e. The molecular formula is C18H15N3O5. The van der Waals surface area contributed by atoms with E-state index in [-0.39, 0.29) is 22.7 Å². The van der Waals surface area contributed by atoms with E-state index in [9.17, 15) is 20.2 Å². The third-order valence-corrected chi connectivity index (χ3v) is 3.41. The van der Waals surface area contributed by atoms with Gasteiger partial charge in [-0.2, -0.15) is 5.26 Å². The first kappa shape index (κ1) is 18.5. The standard InChI is InChI=1S/C18H15N3O5/c1-25-15-5-3-4-12(9-15)8-13(11-19)18(22)20-16-10-14(21(23)24)6-7-17(16)26-2/h3-10H,1-2H3,(H,20,22)/b13-8+. The molecule has 0 aliphatic rings. The number of nitro groups is 1. The number of hydrogen-bond donors (Lipinski definition) is 1. The first-order chi connectivity index (χ1) is 12.5. The van der Waals surface area contributed by atoms with Gasteiger partial charge in [0.15, 0.2) is 0 Å². The van der Waals surface area contributed by atoms with Crippen molar-refractivity contribution in [3.63, 3.8) is 0 Å². The number of amides is 1. The average Bonchev–Trinajstić information content (AvgIpc) is 2.65. The number of methoxy groups -OCH3 is 2. The molecule has 0 heterocycles. The number of nitrogens with zero attached hydrogens (tertiary/aromatic N) is 2. The lowest BCUT2D eigenvalue weighted by Gasteiger charge is -2.09. The predicted molar refractivity (Wildman–Crippen MR) is 94.9 cm³/mol. The monoisotopic (exact) mass is 353 g/mol. The van der Waals surface area contributed by atoms with E-state index >= 15 is 0 Å². The van der Waals surface area contributed by atoms with Gasteiger partial charge < -0.3 is 14.8 Å². The maximum absolute atomic E-state index is 12.4. The second-order valence-electron chi connectivity index (χ2n) is 5.04. The molecule has 0 atom stereocenters. The Bertz CT molecular complexity index is 915. The Labute approximate surface area is 149 Å². The largest absolute Gasteiger partial charge is 0.497 e. The number of anilines is 1. The summed E-state index contributed by atoms with van der Waals surface area (Å²) in [5.41, 5.74) is 0.309. The fourth-order valence-electron chi connectivity index (χ4n) is 2.14. The molecule has 0 aromatic heterocycles. The molecule has 8 nitrogen and oxygen atoms in total. The van der Waals surface area contributed by atoms with Crippen LogP contribution in [0.25, 0.3) is 6.08 Å². The van der Waals surface area contributed by atoms with E-state index < -0.39 is 10.8 Å². The molecule has 0 radical (unpaired) electrons. The number of nitro benzene ring substituents is 1. The third-order valence-electron chi connectivity index (χ3n) is 3.41. The van der Waals surface area contributed by atoms with Gasteiger partial charge in [0.1, 0.15) is 23.1 Å². The van der Waals surface area contributed by atoms with E-state index in [1.807, 2.05) is 6.07 Å². The van der Waals surface area contributed by atoms with Crippen molar-refractivity contribution in [1.82, 2.24) is 0 Å². The molecule has 0 bridgehead atoms. The van der Waals surface area contributed by atoms with E-state index in [4.69, 9.17) is 9.47 Å². The minimum atomic E-state index is -0.714. The third kappa shape index (κ3) is 4.36. The average molecular weight is 353 g/mol. The van der Waals surface area contributed by atoms with Crippen LogP contribution in [-0.2, 0) is 4.79 Å². The summed E-state index contributed by atoms with van der Waals surface area (Å²) in [5, 5.41) is 22.7. The van der Waals surface area contributed by atoms with Crippen LogP contribution in [0.1, 0.15) is 5.56 Å². The molecule has 2 rings (SSSR count). The molecule has 0 aliphatic carbocycles. The molecule has 0 saturated carbocycles. The van der Waals surface area contributed by atoms with Gasteiger partial charge in [-0.1, -0.05) is 12.1 Å². The summed E-state index contributed by atoms with van der Waals surface area (Å²) < 4.78 is 10.2. The van der Waals surface area contributed by atoms with Crippen LogP contribution in [0.4, 0.5) is 11.4 Å². The number of carbonyl (C=O) groups excluding carboxylic acids is 1. The van der Waals surface area contributed by atoms with Crippen molar-refractivity contribution in [2.45, 2.75) is 0 Å². The van der Waals surface area contributed by atoms with Crippen molar-refractivity contribution in [1.29, 1.82) is 5.26 Å². The smallest absolute Gasteiger partial charge is 0.271 e. The number of ether oxygens (including phenoxy) is 2. The van der Waals surface area contributed by atoms with Crippen molar-refractivity contribution in [2.24, 2.45) is 0 Å². The van der Waals surface area contributed by atoms with Crippen LogP contribution in [0.3, 0.4) is 0 Å². The highest BCUT2D eigenvalue weighted by molar-refractivity contribution is 6.10. The van der Waals surface area contributed by atoms with E-state index in [0.717, 1.165) is 6.07 Å². The molecule has 1 N–H and O–H groups in total. The van der Waals surface area contributed by atoms with Gasteiger partial charge >= 0.3 is 0 Å². The summed E-state index contributed by atoms with van der Waals surface area (Å²) in [6.07, 6.45) is 1.39. The molecule has 26 heavy (non-hydrogen) atoms. The Balaban J connectivity index is 2.32. The number of hydrogen-bond acceptors (Lipinski definition) is 6. The van der Waals surface area contributed by atoms with E-state index in [0.29, 0.717) is 11.3 Å². The minimum Gasteiger partial charge on any atom is -0.497 e. The zero-order valence-corrected chi connectivity index (χ0v) is 14.1. The lowest BCUT2D eigenvalue weighted by Crippen LogP contribution is -2.14. The molecule has 132 valence electrons. The van der Waals surface area contributed by atoms with Gasteiger partial charge in [-0.25, -0.2) is 0 Å². The van der Waals surface area contributed by atoms with Gasteiger partial charge in [-0.15, -0.1) is 0 Å². The van der Waals surface area contributed by atoms with Crippen LogP contribution in [0.15, 0.2) is 48.0 Å². The van der Waals surface area contributed by atoms with E-state index in [1.165, 1.54) is 32.4 Å². The lowest BCUT2D eigenvalue weighted by atomic mass is 10.1. The molecule has 0 spiro atoms. The zero-order chi connectivity index (χ0) is 19.1. The van der Waals surface area contributed by atoms with Gasteiger partial charge in [0.25, 0.3) is 11.6 Å². The highest BCUT2D eigenvalue weighted by Crippen LogP contribution is 2.29. The molecule has 0 fully saturated rings. The molecule has 2 aromatic carbocycles. The molecule has 2 aromatic rings. The number of nitrogens with one attached hydrogen (secondary N) is 1. The Hall–Kier alpha value is -3.86. The Kier molecular flexibility index (Phi) is 5.90.